The maximum absolute atomic E-state index is 14.1. The van der Waals surface area contributed by atoms with Gasteiger partial charge in [-0.1, -0.05) is 19.9 Å². The molecule has 7 rings (SSSR count). The van der Waals surface area contributed by atoms with E-state index in [2.05, 4.69) is 13.5 Å². The topological polar surface area (TPSA) is 295 Å². The Morgan fingerprint density at radius 3 is 1.82 bits per heavy atom. The molecule has 18 heteroatoms. The highest BCUT2D eigenvalue weighted by molar-refractivity contribution is 5.77. The number of ether oxygens (including phenoxy) is 6. The fraction of sp³-hybridized carbons (Fsp3) is 0.921. The molecule has 18 nitrogen and oxygen atoms in total. The number of fused-ring (bicyclic) bond motifs is 3. The zero-order valence-electron chi connectivity index (χ0n) is 31.8. The first kappa shape index (κ1) is 42.7. The minimum absolute atomic E-state index is 0.121. The third-order valence-corrected chi connectivity index (χ3v) is 15.0. The molecule has 4 saturated carbocycles. The van der Waals surface area contributed by atoms with Crippen LogP contribution in [0.25, 0.3) is 0 Å². The minimum Gasteiger partial charge on any atom is -0.432 e. The third kappa shape index (κ3) is 6.69. The van der Waals surface area contributed by atoms with Crippen molar-refractivity contribution in [2.75, 3.05) is 19.8 Å². The number of hydrogen-bond acceptors (Lipinski definition) is 18. The van der Waals surface area contributed by atoms with Crippen molar-refractivity contribution < 1.29 is 89.4 Å². The molecule has 0 aromatic heterocycles. The number of hydrogen-bond donors (Lipinski definition) is 11. The van der Waals surface area contributed by atoms with Crippen LogP contribution in [-0.2, 0) is 33.2 Å². The van der Waals surface area contributed by atoms with Gasteiger partial charge in [0.2, 0.25) is 6.29 Å². The molecule has 1 spiro atoms. The van der Waals surface area contributed by atoms with Crippen LogP contribution in [0, 0.1) is 28.1 Å². The Bertz CT molecular complexity index is 1450. The van der Waals surface area contributed by atoms with Crippen LogP contribution in [0.4, 0.5) is 0 Å². The summed E-state index contributed by atoms with van der Waals surface area (Å²) in [6.07, 6.45) is -17.8. The molecule has 2 unspecified atom stereocenters. The maximum Gasteiger partial charge on any atom is 0.314 e. The van der Waals surface area contributed by atoms with Crippen molar-refractivity contribution in [3.8, 4) is 0 Å². The molecule has 0 radical (unpaired) electrons. The fourth-order valence-corrected chi connectivity index (χ4v) is 12.0. The number of aliphatic hydroxyl groups is 11. The maximum atomic E-state index is 14.1. The van der Waals surface area contributed by atoms with Gasteiger partial charge in [-0.25, -0.2) is 0 Å². The predicted octanol–water partition coefficient (Wildman–Crippen LogP) is -2.94. The summed E-state index contributed by atoms with van der Waals surface area (Å²) in [6.45, 7) is 6.52. The van der Waals surface area contributed by atoms with Crippen LogP contribution in [0.5, 0.6) is 0 Å². The minimum atomic E-state index is -1.81. The summed E-state index contributed by atoms with van der Waals surface area (Å²) in [6, 6.07) is 0. The third-order valence-electron chi connectivity index (χ3n) is 15.0. The van der Waals surface area contributed by atoms with Gasteiger partial charge in [0.15, 0.2) is 12.6 Å². The lowest BCUT2D eigenvalue weighted by Gasteiger charge is -2.64. The monoisotopic (exact) mass is 804 g/mol. The molecule has 11 N–H and O–H groups in total. The van der Waals surface area contributed by atoms with Gasteiger partial charge in [0.1, 0.15) is 73.2 Å². The summed E-state index contributed by atoms with van der Waals surface area (Å²) in [7, 11) is 0. The molecule has 320 valence electrons. The van der Waals surface area contributed by atoms with E-state index in [4.69, 9.17) is 28.4 Å². The van der Waals surface area contributed by atoms with E-state index in [0.717, 1.165) is 18.4 Å². The van der Waals surface area contributed by atoms with Gasteiger partial charge in [-0.15, -0.1) is 0 Å². The van der Waals surface area contributed by atoms with Crippen LogP contribution in [0.15, 0.2) is 12.2 Å². The molecular formula is C38H60O18. The van der Waals surface area contributed by atoms with Crippen molar-refractivity contribution in [1.29, 1.82) is 0 Å². The molecule has 3 saturated heterocycles. The van der Waals surface area contributed by atoms with Crippen molar-refractivity contribution in [2.24, 2.45) is 28.1 Å². The Balaban J connectivity index is 1.10. The van der Waals surface area contributed by atoms with Crippen LogP contribution in [-0.4, -0.2) is 180 Å². The summed E-state index contributed by atoms with van der Waals surface area (Å²) >= 11 is 0. The van der Waals surface area contributed by atoms with Gasteiger partial charge >= 0.3 is 5.97 Å². The predicted molar refractivity (Wildman–Crippen MR) is 186 cm³/mol. The molecule has 3 aliphatic heterocycles. The van der Waals surface area contributed by atoms with E-state index >= 15 is 0 Å². The van der Waals surface area contributed by atoms with Crippen LogP contribution >= 0.6 is 0 Å². The number of aliphatic hydroxyl groups excluding tert-OH is 11. The molecule has 4 aliphatic carbocycles. The number of carbonyl (C=O) groups is 1. The van der Waals surface area contributed by atoms with Crippen molar-refractivity contribution in [2.45, 2.75) is 169 Å². The van der Waals surface area contributed by atoms with Crippen LogP contribution < -0.4 is 0 Å². The van der Waals surface area contributed by atoms with E-state index in [1.54, 1.807) is 0 Å². The number of rotatable bonds is 9. The molecule has 0 amide bonds. The summed E-state index contributed by atoms with van der Waals surface area (Å²) in [5.74, 6) is -0.591. The van der Waals surface area contributed by atoms with Crippen LogP contribution in [0.3, 0.4) is 0 Å². The summed E-state index contributed by atoms with van der Waals surface area (Å²) in [5, 5.41) is 114. The van der Waals surface area contributed by atoms with Crippen molar-refractivity contribution >= 4 is 5.97 Å². The first-order chi connectivity index (χ1) is 26.4. The summed E-state index contributed by atoms with van der Waals surface area (Å²) < 4.78 is 35.6. The quantitative estimate of drug-likeness (QED) is 0.0631. The second-order valence-electron chi connectivity index (χ2n) is 18.0. The van der Waals surface area contributed by atoms with E-state index in [1.165, 1.54) is 0 Å². The Morgan fingerprint density at radius 1 is 0.679 bits per heavy atom. The van der Waals surface area contributed by atoms with Crippen molar-refractivity contribution in [1.82, 2.24) is 0 Å². The molecule has 2 bridgehead atoms. The molecule has 0 aromatic carbocycles. The van der Waals surface area contributed by atoms with E-state index in [1.807, 2.05) is 6.92 Å². The Morgan fingerprint density at radius 2 is 1.21 bits per heavy atom. The fourth-order valence-electron chi connectivity index (χ4n) is 12.0. The average Bonchev–Trinajstić information content (AvgIpc) is 3.37. The normalized spacial score (nSPS) is 54.6. The van der Waals surface area contributed by atoms with Gasteiger partial charge in [-0.3, -0.25) is 4.79 Å². The first-order valence-corrected chi connectivity index (χ1v) is 19.9. The summed E-state index contributed by atoms with van der Waals surface area (Å²) in [5.41, 5.74) is -1.80. The Labute approximate surface area is 324 Å². The number of carbonyl (C=O) groups excluding carboxylic acids is 1. The van der Waals surface area contributed by atoms with Gasteiger partial charge in [-0.05, 0) is 86.5 Å². The van der Waals surface area contributed by atoms with E-state index < -0.39 is 129 Å². The zero-order chi connectivity index (χ0) is 40.7. The van der Waals surface area contributed by atoms with Crippen molar-refractivity contribution in [3.05, 3.63) is 12.2 Å². The molecule has 7 aliphatic rings. The van der Waals surface area contributed by atoms with Gasteiger partial charge in [0.25, 0.3) is 0 Å². The smallest absolute Gasteiger partial charge is 0.314 e. The van der Waals surface area contributed by atoms with Gasteiger partial charge < -0.3 is 84.6 Å². The lowest BCUT2D eigenvalue weighted by molar-refractivity contribution is -0.378. The largest absolute Gasteiger partial charge is 0.432 e. The molecule has 7 fully saturated rings. The standard InChI is InChI=1S/C38H60O18/c1-16-11-37-9-5-20-35(2,7-4-8-36(20,3)34(50)55-32-29(49)26(46)23(43)18(13-40)52-32)21(37)6-10-38(16,15-37)56-33-30(27(47)24(44)19(14-41)53-33)54-31-28(48)25(45)22(42)17(12-39)51-31/h17-33,39-49H,1,4-15H2,2-3H3/t17-,18-,19-,20?,21?,22-,23-,24-,25+,26+,27+,28-,29-,30-,31+,32+,33+,35+,36-,37+,38-/m1/s1. The highest BCUT2D eigenvalue weighted by Gasteiger charge is 2.69. The van der Waals surface area contributed by atoms with E-state index in [9.17, 15) is 61.0 Å². The second-order valence-corrected chi connectivity index (χ2v) is 18.0. The first-order valence-electron chi connectivity index (χ1n) is 19.9. The molecular weight excluding hydrogens is 744 g/mol. The zero-order valence-corrected chi connectivity index (χ0v) is 31.8. The Hall–Kier alpha value is -1.43. The van der Waals surface area contributed by atoms with Gasteiger partial charge in [-0.2, -0.15) is 0 Å². The lowest BCUT2D eigenvalue weighted by atomic mass is 9.41. The SMILES string of the molecule is C=C1C[C@]23CCC4[C@](C)(CCC[C@@]4(C)C(=O)O[C@@H]4O[C@H](CO)[C@@H](O)[C@H](O)[C@H]4O)C2CC[C@@]1(O[C@@H]1O[C@H](CO)[C@@H](O)[C@H](O)[C@H]1O[C@@H]1O[C@H](CO)[C@@H](O)[C@H](O)[C@H]1O)C3. The average molecular weight is 805 g/mol. The highest BCUT2D eigenvalue weighted by Crippen LogP contribution is 2.73. The van der Waals surface area contributed by atoms with E-state index in [0.29, 0.717) is 44.9 Å². The molecule has 3 heterocycles. The van der Waals surface area contributed by atoms with E-state index in [-0.39, 0.29) is 22.7 Å². The van der Waals surface area contributed by atoms with Crippen LogP contribution in [0.2, 0.25) is 0 Å². The van der Waals surface area contributed by atoms with Crippen LogP contribution in [0.1, 0.15) is 71.6 Å². The number of esters is 1. The Kier molecular flexibility index (Phi) is 11.9. The molecule has 0 aromatic rings. The molecule has 56 heavy (non-hydrogen) atoms. The van der Waals surface area contributed by atoms with Gasteiger partial charge in [0, 0.05) is 0 Å². The summed E-state index contributed by atoms with van der Waals surface area (Å²) in [4.78, 5) is 14.1. The molecule has 21 atom stereocenters. The second kappa shape index (κ2) is 15.6. The highest BCUT2D eigenvalue weighted by atomic mass is 16.8. The van der Waals surface area contributed by atoms with Crippen molar-refractivity contribution in [3.63, 3.8) is 0 Å². The van der Waals surface area contributed by atoms with Gasteiger partial charge in [0.05, 0.1) is 30.8 Å². The lowest BCUT2D eigenvalue weighted by Crippen LogP contribution is -2.65.